The number of ether oxygens (including phenoxy) is 1. The van der Waals surface area contributed by atoms with Crippen LogP contribution in [0.2, 0.25) is 0 Å². The first-order valence-corrected chi connectivity index (χ1v) is 8.48. The summed E-state index contributed by atoms with van der Waals surface area (Å²) in [5.74, 6) is 0.540. The lowest BCUT2D eigenvalue weighted by atomic mass is 10.2. The quantitative estimate of drug-likeness (QED) is 0.571. The molecule has 6 heteroatoms. The first-order valence-electron chi connectivity index (χ1n) is 8.48. The van der Waals surface area contributed by atoms with Gasteiger partial charge in [0.2, 0.25) is 5.91 Å². The predicted octanol–water partition coefficient (Wildman–Crippen LogP) is 5.16. The lowest BCUT2D eigenvalue weighted by Crippen LogP contribution is -2.21. The highest BCUT2D eigenvalue weighted by molar-refractivity contribution is 5.94. The SMILES string of the molecule is COc1ccccc1NCC(=O)Nc1ccc(N=Nc2ccccc2)cc1. The molecule has 0 bridgehead atoms. The number of carbonyl (C=O) groups excluding carboxylic acids is 1. The van der Waals surface area contributed by atoms with E-state index in [0.717, 1.165) is 11.4 Å². The Labute approximate surface area is 157 Å². The number of hydrogen-bond acceptors (Lipinski definition) is 5. The van der Waals surface area contributed by atoms with Gasteiger partial charge in [-0.25, -0.2) is 0 Å². The molecule has 6 nitrogen and oxygen atoms in total. The molecule has 0 aliphatic heterocycles. The molecule has 27 heavy (non-hydrogen) atoms. The molecule has 0 aliphatic rings. The molecule has 0 aliphatic carbocycles. The fraction of sp³-hybridized carbons (Fsp3) is 0.0952. The van der Waals surface area contributed by atoms with E-state index < -0.39 is 0 Å². The van der Waals surface area contributed by atoms with Crippen LogP contribution in [0.25, 0.3) is 0 Å². The van der Waals surface area contributed by atoms with E-state index in [4.69, 9.17) is 4.74 Å². The second-order valence-corrected chi connectivity index (χ2v) is 5.68. The van der Waals surface area contributed by atoms with Gasteiger partial charge in [0.15, 0.2) is 0 Å². The number of nitrogens with zero attached hydrogens (tertiary/aromatic N) is 2. The first kappa shape index (κ1) is 18.1. The van der Waals surface area contributed by atoms with Crippen LogP contribution in [0.1, 0.15) is 0 Å². The highest BCUT2D eigenvalue weighted by Crippen LogP contribution is 2.23. The molecule has 0 aromatic heterocycles. The van der Waals surface area contributed by atoms with Crippen molar-refractivity contribution in [3.8, 4) is 5.75 Å². The Morgan fingerprint density at radius 3 is 2.19 bits per heavy atom. The van der Waals surface area contributed by atoms with E-state index in [1.54, 1.807) is 31.4 Å². The molecule has 0 saturated heterocycles. The van der Waals surface area contributed by atoms with Crippen molar-refractivity contribution in [1.29, 1.82) is 0 Å². The van der Waals surface area contributed by atoms with Crippen LogP contribution in [-0.2, 0) is 4.79 Å². The van der Waals surface area contributed by atoms with Gasteiger partial charge in [0.05, 0.1) is 30.7 Å². The molecule has 0 unspecified atom stereocenters. The van der Waals surface area contributed by atoms with Crippen LogP contribution < -0.4 is 15.4 Å². The molecule has 0 radical (unpaired) electrons. The van der Waals surface area contributed by atoms with Crippen LogP contribution in [0.3, 0.4) is 0 Å². The van der Waals surface area contributed by atoms with Crippen LogP contribution in [0, 0.1) is 0 Å². The van der Waals surface area contributed by atoms with Crippen molar-refractivity contribution in [2.45, 2.75) is 0 Å². The highest BCUT2D eigenvalue weighted by Gasteiger charge is 2.05. The number of benzene rings is 3. The maximum Gasteiger partial charge on any atom is 0.243 e. The Morgan fingerprint density at radius 1 is 0.852 bits per heavy atom. The van der Waals surface area contributed by atoms with Crippen molar-refractivity contribution >= 4 is 28.7 Å². The van der Waals surface area contributed by atoms with Crippen molar-refractivity contribution in [3.63, 3.8) is 0 Å². The third-order valence-electron chi connectivity index (χ3n) is 3.73. The van der Waals surface area contributed by atoms with Gasteiger partial charge in [-0.15, -0.1) is 0 Å². The molecule has 0 atom stereocenters. The van der Waals surface area contributed by atoms with Crippen LogP contribution in [0.5, 0.6) is 5.75 Å². The van der Waals surface area contributed by atoms with E-state index in [-0.39, 0.29) is 12.5 Å². The van der Waals surface area contributed by atoms with Gasteiger partial charge in [0, 0.05) is 5.69 Å². The molecule has 2 N–H and O–H groups in total. The summed E-state index contributed by atoms with van der Waals surface area (Å²) < 4.78 is 5.25. The smallest absolute Gasteiger partial charge is 0.243 e. The molecule has 1 amide bonds. The monoisotopic (exact) mass is 360 g/mol. The van der Waals surface area contributed by atoms with E-state index in [9.17, 15) is 4.79 Å². The van der Waals surface area contributed by atoms with Gasteiger partial charge >= 0.3 is 0 Å². The van der Waals surface area contributed by atoms with Gasteiger partial charge in [0.1, 0.15) is 5.75 Å². The standard InChI is InChI=1S/C21H20N4O2/c1-27-20-10-6-5-9-19(20)22-15-21(26)23-16-11-13-18(14-12-16)25-24-17-7-3-2-4-8-17/h2-14,22H,15H2,1H3,(H,23,26). The molecule has 0 saturated carbocycles. The molecule has 3 rings (SSSR count). The Bertz CT molecular complexity index is 909. The summed E-state index contributed by atoms with van der Waals surface area (Å²) in [6.45, 7) is 0.135. The normalized spacial score (nSPS) is 10.6. The zero-order chi connectivity index (χ0) is 18.9. The van der Waals surface area contributed by atoms with Gasteiger partial charge < -0.3 is 15.4 Å². The molecule has 0 spiro atoms. The minimum Gasteiger partial charge on any atom is -0.495 e. The van der Waals surface area contributed by atoms with Crippen LogP contribution >= 0.6 is 0 Å². The zero-order valence-corrected chi connectivity index (χ0v) is 14.9. The molecular weight excluding hydrogens is 340 g/mol. The third-order valence-corrected chi connectivity index (χ3v) is 3.73. The van der Waals surface area contributed by atoms with Gasteiger partial charge in [-0.2, -0.15) is 10.2 Å². The second-order valence-electron chi connectivity index (χ2n) is 5.68. The first-order chi connectivity index (χ1) is 13.2. The van der Waals surface area contributed by atoms with E-state index >= 15 is 0 Å². The summed E-state index contributed by atoms with van der Waals surface area (Å²) in [5.41, 5.74) is 2.97. The van der Waals surface area contributed by atoms with Crippen LogP contribution in [-0.4, -0.2) is 19.6 Å². The Morgan fingerprint density at radius 2 is 1.48 bits per heavy atom. The summed E-state index contributed by atoms with van der Waals surface area (Å²) in [5, 5.41) is 14.2. The maximum absolute atomic E-state index is 12.1. The number of hydrogen-bond donors (Lipinski definition) is 2. The topological polar surface area (TPSA) is 75.1 Å². The van der Waals surface area contributed by atoms with Gasteiger partial charge in [0.25, 0.3) is 0 Å². The summed E-state index contributed by atoms with van der Waals surface area (Å²) in [7, 11) is 1.59. The lowest BCUT2D eigenvalue weighted by Gasteiger charge is -2.11. The number of methoxy groups -OCH3 is 1. The summed E-state index contributed by atoms with van der Waals surface area (Å²) in [4.78, 5) is 12.1. The van der Waals surface area contributed by atoms with Crippen LogP contribution in [0.15, 0.2) is 89.1 Å². The van der Waals surface area contributed by atoms with Crippen LogP contribution in [0.4, 0.5) is 22.7 Å². The average Bonchev–Trinajstić information content (AvgIpc) is 2.72. The number of azo groups is 1. The predicted molar refractivity (Wildman–Crippen MR) is 107 cm³/mol. The third kappa shape index (κ3) is 5.40. The summed E-state index contributed by atoms with van der Waals surface area (Å²) in [6, 6.07) is 24.1. The summed E-state index contributed by atoms with van der Waals surface area (Å²) >= 11 is 0. The molecule has 0 fully saturated rings. The Hall–Kier alpha value is -3.67. The minimum absolute atomic E-state index is 0.135. The average molecular weight is 360 g/mol. The minimum atomic E-state index is -0.153. The fourth-order valence-electron chi connectivity index (χ4n) is 2.39. The highest BCUT2D eigenvalue weighted by atomic mass is 16.5. The van der Waals surface area contributed by atoms with Crippen molar-refractivity contribution in [3.05, 3.63) is 78.9 Å². The zero-order valence-electron chi connectivity index (χ0n) is 14.9. The van der Waals surface area contributed by atoms with E-state index in [1.165, 1.54) is 0 Å². The Balaban J connectivity index is 1.53. The molecule has 136 valence electrons. The molecule has 3 aromatic carbocycles. The van der Waals surface area contributed by atoms with Gasteiger partial charge in [-0.1, -0.05) is 30.3 Å². The molecule has 0 heterocycles. The number of anilines is 2. The Kier molecular flexibility index (Phi) is 6.14. The maximum atomic E-state index is 12.1. The number of para-hydroxylation sites is 2. The van der Waals surface area contributed by atoms with E-state index in [0.29, 0.717) is 17.1 Å². The largest absolute Gasteiger partial charge is 0.495 e. The van der Waals surface area contributed by atoms with Gasteiger partial charge in [-0.05, 0) is 48.5 Å². The number of carbonyl (C=O) groups is 1. The molecule has 3 aromatic rings. The van der Waals surface area contributed by atoms with Gasteiger partial charge in [-0.3, -0.25) is 4.79 Å². The lowest BCUT2D eigenvalue weighted by molar-refractivity contribution is -0.114. The second kappa shape index (κ2) is 9.15. The summed E-state index contributed by atoms with van der Waals surface area (Å²) in [6.07, 6.45) is 0. The number of nitrogens with one attached hydrogen (secondary N) is 2. The number of amides is 1. The van der Waals surface area contributed by atoms with Crippen molar-refractivity contribution in [2.24, 2.45) is 10.2 Å². The van der Waals surface area contributed by atoms with E-state index in [2.05, 4.69) is 20.9 Å². The van der Waals surface area contributed by atoms with Crippen molar-refractivity contribution in [1.82, 2.24) is 0 Å². The van der Waals surface area contributed by atoms with E-state index in [1.807, 2.05) is 54.6 Å². The van der Waals surface area contributed by atoms with Crippen molar-refractivity contribution < 1.29 is 9.53 Å². The van der Waals surface area contributed by atoms with Crippen molar-refractivity contribution in [2.75, 3.05) is 24.3 Å². The molecular formula is C21H20N4O2. The fourth-order valence-corrected chi connectivity index (χ4v) is 2.39. The number of rotatable bonds is 7.